The van der Waals surface area contributed by atoms with Crippen molar-refractivity contribution in [3.05, 3.63) is 36.8 Å². The highest BCUT2D eigenvalue weighted by Gasteiger charge is 2.12. The lowest BCUT2D eigenvalue weighted by atomic mass is 10.2. The summed E-state index contributed by atoms with van der Waals surface area (Å²) in [6.45, 7) is 2.80. The number of rotatable bonds is 2. The monoisotopic (exact) mass is 240 g/mol. The Hall–Kier alpha value is -2.43. The minimum absolute atomic E-state index is 0.134. The van der Waals surface area contributed by atoms with E-state index in [9.17, 15) is 5.11 Å². The molecular formula is C13H12N4O. The van der Waals surface area contributed by atoms with Crippen molar-refractivity contribution in [3.8, 4) is 17.1 Å². The average molecular weight is 240 g/mol. The molecule has 5 heteroatoms. The number of pyridine rings is 2. The van der Waals surface area contributed by atoms with Gasteiger partial charge in [0.2, 0.25) is 0 Å². The fourth-order valence-electron chi connectivity index (χ4n) is 2.03. The van der Waals surface area contributed by atoms with Crippen LogP contribution in [0.25, 0.3) is 22.6 Å². The van der Waals surface area contributed by atoms with E-state index in [4.69, 9.17) is 0 Å². The predicted octanol–water partition coefficient (Wildman–Crippen LogP) is 2.22. The van der Waals surface area contributed by atoms with Crippen LogP contribution in [0.1, 0.15) is 6.92 Å². The first-order chi connectivity index (χ1) is 8.79. The lowest BCUT2D eigenvalue weighted by Crippen LogP contribution is -1.98. The maximum absolute atomic E-state index is 9.50. The molecule has 3 heterocycles. The van der Waals surface area contributed by atoms with Crippen LogP contribution in [0.4, 0.5) is 0 Å². The number of aromatic nitrogens is 4. The molecule has 0 amide bonds. The molecule has 3 aromatic rings. The largest absolute Gasteiger partial charge is 0.506 e. The number of nitrogens with zero attached hydrogens (tertiary/aromatic N) is 4. The van der Waals surface area contributed by atoms with Crippen LogP contribution in [0.2, 0.25) is 0 Å². The first-order valence-corrected chi connectivity index (χ1v) is 5.75. The third kappa shape index (κ3) is 1.60. The summed E-state index contributed by atoms with van der Waals surface area (Å²) in [5.74, 6) is 0.907. The van der Waals surface area contributed by atoms with E-state index in [0.717, 1.165) is 29.1 Å². The van der Waals surface area contributed by atoms with Gasteiger partial charge in [0.15, 0.2) is 5.65 Å². The predicted molar refractivity (Wildman–Crippen MR) is 68.1 cm³/mol. The lowest BCUT2D eigenvalue weighted by Gasteiger charge is -2.05. The Bertz CT molecular complexity index is 705. The summed E-state index contributed by atoms with van der Waals surface area (Å²) in [6, 6.07) is 5.44. The summed E-state index contributed by atoms with van der Waals surface area (Å²) < 4.78 is 2.01. The standard InChI is InChI=1S/C13H12N4O/c1-2-17-12(9-6-10(18)8-14-7-9)16-11-4-3-5-15-13(11)17/h3-8,18H,2H2,1H3. The van der Waals surface area contributed by atoms with E-state index in [2.05, 4.69) is 15.0 Å². The Morgan fingerprint density at radius 2 is 2.22 bits per heavy atom. The first-order valence-electron chi connectivity index (χ1n) is 5.75. The smallest absolute Gasteiger partial charge is 0.160 e. The van der Waals surface area contributed by atoms with Crippen molar-refractivity contribution >= 4 is 11.2 Å². The van der Waals surface area contributed by atoms with Crippen LogP contribution >= 0.6 is 0 Å². The number of aryl methyl sites for hydroxylation is 1. The summed E-state index contributed by atoms with van der Waals surface area (Å²) in [5, 5.41) is 9.50. The van der Waals surface area contributed by atoms with Gasteiger partial charge in [-0.1, -0.05) is 0 Å². The Morgan fingerprint density at radius 3 is 3.00 bits per heavy atom. The third-order valence-corrected chi connectivity index (χ3v) is 2.80. The summed E-state index contributed by atoms with van der Waals surface area (Å²) >= 11 is 0. The second kappa shape index (κ2) is 4.10. The second-order valence-corrected chi connectivity index (χ2v) is 3.96. The minimum Gasteiger partial charge on any atom is -0.506 e. The molecule has 3 rings (SSSR count). The van der Waals surface area contributed by atoms with Gasteiger partial charge in [0.25, 0.3) is 0 Å². The van der Waals surface area contributed by atoms with E-state index in [1.54, 1.807) is 18.5 Å². The Balaban J connectivity index is 2.28. The molecule has 0 saturated heterocycles. The number of aromatic hydroxyl groups is 1. The highest BCUT2D eigenvalue weighted by molar-refractivity contribution is 5.77. The minimum atomic E-state index is 0.134. The van der Waals surface area contributed by atoms with Crippen molar-refractivity contribution in [1.82, 2.24) is 19.5 Å². The normalized spacial score (nSPS) is 10.9. The zero-order valence-corrected chi connectivity index (χ0v) is 9.91. The highest BCUT2D eigenvalue weighted by atomic mass is 16.3. The van der Waals surface area contributed by atoms with Crippen molar-refractivity contribution in [3.63, 3.8) is 0 Å². The summed E-state index contributed by atoms with van der Waals surface area (Å²) in [6.07, 6.45) is 4.84. The molecule has 0 unspecified atom stereocenters. The van der Waals surface area contributed by atoms with E-state index >= 15 is 0 Å². The van der Waals surface area contributed by atoms with Crippen molar-refractivity contribution < 1.29 is 5.11 Å². The van der Waals surface area contributed by atoms with E-state index in [0.29, 0.717) is 0 Å². The summed E-state index contributed by atoms with van der Waals surface area (Å²) in [4.78, 5) is 12.9. The third-order valence-electron chi connectivity index (χ3n) is 2.80. The van der Waals surface area contributed by atoms with Crippen molar-refractivity contribution in [1.29, 1.82) is 0 Å². The van der Waals surface area contributed by atoms with Gasteiger partial charge in [-0.15, -0.1) is 0 Å². The van der Waals surface area contributed by atoms with Gasteiger partial charge in [-0.2, -0.15) is 0 Å². The van der Waals surface area contributed by atoms with Gasteiger partial charge in [-0.25, -0.2) is 9.97 Å². The molecule has 0 spiro atoms. The van der Waals surface area contributed by atoms with Gasteiger partial charge >= 0.3 is 0 Å². The molecule has 0 fully saturated rings. The molecule has 0 aromatic carbocycles. The molecule has 3 aromatic heterocycles. The zero-order chi connectivity index (χ0) is 12.5. The molecule has 0 saturated carbocycles. The SMILES string of the molecule is CCn1c(-c2cncc(O)c2)nc2cccnc21. The maximum atomic E-state index is 9.50. The molecule has 90 valence electrons. The quantitative estimate of drug-likeness (QED) is 0.746. The number of fused-ring (bicyclic) bond motifs is 1. The number of imidazole rings is 1. The number of hydrogen-bond donors (Lipinski definition) is 1. The molecular weight excluding hydrogens is 228 g/mol. The van der Waals surface area contributed by atoms with Crippen molar-refractivity contribution in [2.45, 2.75) is 13.5 Å². The van der Waals surface area contributed by atoms with Gasteiger partial charge < -0.3 is 9.67 Å². The van der Waals surface area contributed by atoms with Crippen LogP contribution in [-0.4, -0.2) is 24.6 Å². The molecule has 0 aliphatic heterocycles. The first kappa shape index (κ1) is 10.7. The van der Waals surface area contributed by atoms with Crippen LogP contribution in [0.5, 0.6) is 5.75 Å². The van der Waals surface area contributed by atoms with Gasteiger partial charge in [0, 0.05) is 24.5 Å². The van der Waals surface area contributed by atoms with E-state index in [1.165, 1.54) is 6.20 Å². The molecule has 1 N–H and O–H groups in total. The van der Waals surface area contributed by atoms with Gasteiger partial charge in [-0.3, -0.25) is 4.98 Å². The summed E-state index contributed by atoms with van der Waals surface area (Å²) in [5.41, 5.74) is 2.48. The van der Waals surface area contributed by atoms with E-state index in [1.807, 2.05) is 23.6 Å². The molecule has 0 aliphatic rings. The summed E-state index contributed by atoms with van der Waals surface area (Å²) in [7, 11) is 0. The molecule has 0 radical (unpaired) electrons. The maximum Gasteiger partial charge on any atom is 0.160 e. The van der Waals surface area contributed by atoms with Gasteiger partial charge in [0.1, 0.15) is 17.1 Å². The van der Waals surface area contributed by atoms with Gasteiger partial charge in [-0.05, 0) is 25.1 Å². The van der Waals surface area contributed by atoms with E-state index < -0.39 is 0 Å². The van der Waals surface area contributed by atoms with Crippen LogP contribution < -0.4 is 0 Å². The zero-order valence-electron chi connectivity index (χ0n) is 9.91. The molecule has 18 heavy (non-hydrogen) atoms. The van der Waals surface area contributed by atoms with Crippen LogP contribution in [-0.2, 0) is 6.54 Å². The second-order valence-electron chi connectivity index (χ2n) is 3.96. The van der Waals surface area contributed by atoms with Crippen LogP contribution in [0, 0.1) is 0 Å². The van der Waals surface area contributed by atoms with Crippen molar-refractivity contribution in [2.75, 3.05) is 0 Å². The number of hydrogen-bond acceptors (Lipinski definition) is 4. The van der Waals surface area contributed by atoms with Crippen LogP contribution in [0.15, 0.2) is 36.8 Å². The molecule has 5 nitrogen and oxygen atoms in total. The molecule has 0 aliphatic carbocycles. The van der Waals surface area contributed by atoms with E-state index in [-0.39, 0.29) is 5.75 Å². The average Bonchev–Trinajstić information content (AvgIpc) is 2.77. The van der Waals surface area contributed by atoms with Gasteiger partial charge in [0.05, 0.1) is 6.20 Å². The Kier molecular flexibility index (Phi) is 2.44. The van der Waals surface area contributed by atoms with Crippen molar-refractivity contribution in [2.24, 2.45) is 0 Å². The Labute approximate surface area is 104 Å². The topological polar surface area (TPSA) is 63.8 Å². The molecule has 0 atom stereocenters. The fraction of sp³-hybridized carbons (Fsp3) is 0.154. The highest BCUT2D eigenvalue weighted by Crippen LogP contribution is 2.24. The van der Waals surface area contributed by atoms with Crippen LogP contribution in [0.3, 0.4) is 0 Å². The lowest BCUT2D eigenvalue weighted by molar-refractivity contribution is 0.473. The fourth-order valence-corrected chi connectivity index (χ4v) is 2.03. The molecule has 0 bridgehead atoms. The Morgan fingerprint density at radius 1 is 1.33 bits per heavy atom.